The fourth-order valence-corrected chi connectivity index (χ4v) is 3.85. The number of thioether (sulfide) groups is 1. The first kappa shape index (κ1) is 21.5. The van der Waals surface area contributed by atoms with E-state index in [1.54, 1.807) is 24.3 Å². The average Bonchev–Trinajstić information content (AvgIpc) is 2.97. The topological polar surface area (TPSA) is 119 Å². The molecule has 0 bridgehead atoms. The van der Waals surface area contributed by atoms with Crippen LogP contribution in [-0.4, -0.2) is 40.5 Å². The SMILES string of the molecule is COc1ccc(/C=C2/SC(=O)N(CC(=O)Nc3ccccc3Br)C2=O)cc1[N+](=O)[O-]. The number of anilines is 1. The molecular weight excluding hydrogens is 478 g/mol. The Morgan fingerprint density at radius 2 is 2.03 bits per heavy atom. The van der Waals surface area contributed by atoms with Crippen LogP contribution >= 0.6 is 27.7 Å². The second-order valence-corrected chi connectivity index (χ2v) is 7.83. The number of amides is 3. The highest BCUT2D eigenvalue weighted by Crippen LogP contribution is 2.34. The van der Waals surface area contributed by atoms with Crippen LogP contribution in [-0.2, 0) is 9.59 Å². The molecule has 0 aromatic heterocycles. The van der Waals surface area contributed by atoms with Gasteiger partial charge in [-0.3, -0.25) is 29.4 Å². The predicted octanol–water partition coefficient (Wildman–Crippen LogP) is 4.04. The minimum absolute atomic E-state index is 0.0631. The molecule has 1 N–H and O–H groups in total. The zero-order valence-corrected chi connectivity index (χ0v) is 17.9. The summed E-state index contributed by atoms with van der Waals surface area (Å²) in [6.45, 7) is -0.452. The van der Waals surface area contributed by atoms with Crippen LogP contribution in [0.25, 0.3) is 6.08 Å². The van der Waals surface area contributed by atoms with Crippen LogP contribution in [0, 0.1) is 10.1 Å². The van der Waals surface area contributed by atoms with Gasteiger partial charge in [-0.2, -0.15) is 0 Å². The third kappa shape index (κ3) is 4.69. The zero-order chi connectivity index (χ0) is 21.8. The Morgan fingerprint density at radius 3 is 2.70 bits per heavy atom. The monoisotopic (exact) mass is 491 g/mol. The highest BCUT2D eigenvalue weighted by Gasteiger charge is 2.36. The molecular formula is C19H14BrN3O6S. The fraction of sp³-hybridized carbons (Fsp3) is 0.105. The molecule has 9 nitrogen and oxygen atoms in total. The highest BCUT2D eigenvalue weighted by atomic mass is 79.9. The van der Waals surface area contributed by atoms with Gasteiger partial charge < -0.3 is 10.1 Å². The number of methoxy groups -OCH3 is 1. The van der Waals surface area contributed by atoms with Crippen LogP contribution < -0.4 is 10.1 Å². The van der Waals surface area contributed by atoms with E-state index in [0.717, 1.165) is 4.90 Å². The number of halogens is 1. The maximum Gasteiger partial charge on any atom is 0.311 e. The van der Waals surface area contributed by atoms with Gasteiger partial charge in [-0.25, -0.2) is 0 Å². The van der Waals surface area contributed by atoms with Gasteiger partial charge in [0.2, 0.25) is 5.91 Å². The largest absolute Gasteiger partial charge is 0.490 e. The number of nitro groups is 1. The van der Waals surface area contributed by atoms with Crippen molar-refractivity contribution in [3.05, 3.63) is 67.5 Å². The Balaban J connectivity index is 1.76. The van der Waals surface area contributed by atoms with Crippen molar-refractivity contribution in [1.29, 1.82) is 0 Å². The Morgan fingerprint density at radius 1 is 1.30 bits per heavy atom. The van der Waals surface area contributed by atoms with Gasteiger partial charge in [-0.1, -0.05) is 18.2 Å². The summed E-state index contributed by atoms with van der Waals surface area (Å²) in [4.78, 5) is 48.5. The average molecular weight is 492 g/mol. The molecule has 154 valence electrons. The number of hydrogen-bond donors (Lipinski definition) is 1. The van der Waals surface area contributed by atoms with Crippen LogP contribution in [0.15, 0.2) is 51.8 Å². The third-order valence-electron chi connectivity index (χ3n) is 4.02. The molecule has 2 aromatic rings. The molecule has 0 aliphatic carbocycles. The lowest BCUT2D eigenvalue weighted by atomic mass is 10.1. The molecule has 2 aromatic carbocycles. The van der Waals surface area contributed by atoms with Crippen molar-refractivity contribution in [2.75, 3.05) is 19.0 Å². The minimum atomic E-state index is -0.647. The van der Waals surface area contributed by atoms with Gasteiger partial charge in [0.05, 0.1) is 22.6 Å². The number of para-hydroxylation sites is 1. The Kier molecular flexibility index (Phi) is 6.53. The summed E-state index contributed by atoms with van der Waals surface area (Å²) >= 11 is 3.96. The maximum absolute atomic E-state index is 12.6. The number of imide groups is 1. The Bertz CT molecular complexity index is 1090. The molecule has 0 radical (unpaired) electrons. The van der Waals surface area contributed by atoms with Gasteiger partial charge in [0.15, 0.2) is 5.75 Å². The molecule has 1 aliphatic heterocycles. The number of carbonyl (C=O) groups excluding carboxylic acids is 3. The maximum atomic E-state index is 12.6. The lowest BCUT2D eigenvalue weighted by Gasteiger charge is -2.13. The summed E-state index contributed by atoms with van der Waals surface area (Å²) in [6, 6.07) is 11.1. The van der Waals surface area contributed by atoms with E-state index in [1.807, 2.05) is 0 Å². The van der Waals surface area contributed by atoms with Gasteiger partial charge in [-0.05, 0) is 57.5 Å². The van der Waals surface area contributed by atoms with Gasteiger partial charge >= 0.3 is 5.69 Å². The fourth-order valence-electron chi connectivity index (χ4n) is 2.62. The lowest BCUT2D eigenvalue weighted by molar-refractivity contribution is -0.385. The zero-order valence-electron chi connectivity index (χ0n) is 15.5. The highest BCUT2D eigenvalue weighted by molar-refractivity contribution is 9.10. The first-order valence-electron chi connectivity index (χ1n) is 8.42. The molecule has 0 unspecified atom stereocenters. The summed E-state index contributed by atoms with van der Waals surface area (Å²) in [6.07, 6.45) is 1.36. The molecule has 1 heterocycles. The Hall–Kier alpha value is -3.18. The summed E-state index contributed by atoms with van der Waals surface area (Å²) in [5.41, 5.74) is 0.597. The van der Waals surface area contributed by atoms with E-state index >= 15 is 0 Å². The van der Waals surface area contributed by atoms with Crippen molar-refractivity contribution in [2.45, 2.75) is 0 Å². The number of nitro benzene ring substituents is 1. The Labute approximate surface area is 183 Å². The van der Waals surface area contributed by atoms with Gasteiger partial charge in [0, 0.05) is 10.5 Å². The minimum Gasteiger partial charge on any atom is -0.490 e. The number of benzene rings is 2. The lowest BCUT2D eigenvalue weighted by Crippen LogP contribution is -2.36. The smallest absolute Gasteiger partial charge is 0.311 e. The molecule has 0 atom stereocenters. The number of nitrogens with one attached hydrogen (secondary N) is 1. The molecule has 11 heteroatoms. The van der Waals surface area contributed by atoms with E-state index in [9.17, 15) is 24.5 Å². The molecule has 3 rings (SSSR count). The van der Waals surface area contributed by atoms with E-state index in [1.165, 1.54) is 31.4 Å². The normalized spacial score (nSPS) is 14.9. The number of nitrogens with zero attached hydrogens (tertiary/aromatic N) is 2. The van der Waals surface area contributed by atoms with Crippen molar-refractivity contribution < 1.29 is 24.0 Å². The standard InChI is InChI=1S/C19H14BrN3O6S/c1-29-15-7-6-11(8-14(15)23(27)28)9-16-18(25)22(19(26)30-16)10-17(24)21-13-5-3-2-4-12(13)20/h2-9H,10H2,1H3,(H,21,24)/b16-9+. The number of carbonyl (C=O) groups is 3. The van der Waals surface area contributed by atoms with E-state index in [0.29, 0.717) is 27.5 Å². The third-order valence-corrected chi connectivity index (χ3v) is 5.62. The molecule has 1 aliphatic rings. The van der Waals surface area contributed by atoms with Crippen LogP contribution in [0.1, 0.15) is 5.56 Å². The first-order valence-corrected chi connectivity index (χ1v) is 10.0. The first-order chi connectivity index (χ1) is 14.3. The number of hydrogen-bond acceptors (Lipinski definition) is 7. The number of rotatable bonds is 6. The van der Waals surface area contributed by atoms with Crippen molar-refractivity contribution in [1.82, 2.24) is 4.90 Å². The molecule has 30 heavy (non-hydrogen) atoms. The van der Waals surface area contributed by atoms with Gasteiger partial charge in [-0.15, -0.1) is 0 Å². The van der Waals surface area contributed by atoms with Crippen molar-refractivity contribution in [3.63, 3.8) is 0 Å². The van der Waals surface area contributed by atoms with E-state index < -0.39 is 28.5 Å². The molecule has 0 saturated carbocycles. The van der Waals surface area contributed by atoms with Crippen LogP contribution in [0.4, 0.5) is 16.2 Å². The quantitative estimate of drug-likeness (QED) is 0.367. The van der Waals surface area contributed by atoms with Crippen LogP contribution in [0.5, 0.6) is 5.75 Å². The van der Waals surface area contributed by atoms with Crippen molar-refractivity contribution in [3.8, 4) is 5.75 Å². The predicted molar refractivity (Wildman–Crippen MR) is 115 cm³/mol. The van der Waals surface area contributed by atoms with Crippen LogP contribution in [0.2, 0.25) is 0 Å². The molecule has 3 amide bonds. The summed E-state index contributed by atoms with van der Waals surface area (Å²) in [5, 5.41) is 13.2. The summed E-state index contributed by atoms with van der Waals surface area (Å²) in [7, 11) is 1.31. The molecule has 1 fully saturated rings. The molecule has 1 saturated heterocycles. The summed E-state index contributed by atoms with van der Waals surface area (Å²) < 4.78 is 5.60. The van der Waals surface area contributed by atoms with E-state index in [-0.39, 0.29) is 16.3 Å². The van der Waals surface area contributed by atoms with Crippen LogP contribution in [0.3, 0.4) is 0 Å². The van der Waals surface area contributed by atoms with Crippen molar-refractivity contribution in [2.24, 2.45) is 0 Å². The second-order valence-electron chi connectivity index (χ2n) is 5.98. The van der Waals surface area contributed by atoms with Gasteiger partial charge in [0.1, 0.15) is 6.54 Å². The second kappa shape index (κ2) is 9.09. The van der Waals surface area contributed by atoms with Gasteiger partial charge in [0.25, 0.3) is 11.1 Å². The van der Waals surface area contributed by atoms with E-state index in [2.05, 4.69) is 21.2 Å². The summed E-state index contributed by atoms with van der Waals surface area (Å²) in [5.74, 6) is -1.11. The van der Waals surface area contributed by atoms with E-state index in [4.69, 9.17) is 4.74 Å². The number of ether oxygens (including phenoxy) is 1. The molecule has 0 spiro atoms. The van der Waals surface area contributed by atoms with Crippen molar-refractivity contribution >= 4 is 62.2 Å².